The molecule has 2 heterocycles. The van der Waals surface area contributed by atoms with E-state index in [0.717, 1.165) is 32.3 Å². The van der Waals surface area contributed by atoms with E-state index in [-0.39, 0.29) is 24.0 Å². The number of amides is 2. The molecular formula is C18H23FN2O3. The van der Waals surface area contributed by atoms with Gasteiger partial charge in [0, 0.05) is 18.8 Å². The quantitative estimate of drug-likeness (QED) is 0.924. The van der Waals surface area contributed by atoms with E-state index in [0.29, 0.717) is 36.9 Å². The molecule has 0 bridgehead atoms. The number of benzene rings is 1. The Morgan fingerprint density at radius 3 is 2.88 bits per heavy atom. The third-order valence-corrected chi connectivity index (χ3v) is 5.08. The number of ether oxygens (including phenoxy) is 2. The predicted molar refractivity (Wildman–Crippen MR) is 87.7 cm³/mol. The SMILES string of the molecule is O=C(Nc1ccc(F)c(C2CC2)c1)N1CCOC[C@@H]1[C@@H]1CCCO1. The van der Waals surface area contributed by atoms with Crippen molar-refractivity contribution in [1.82, 2.24) is 4.90 Å². The zero-order valence-corrected chi connectivity index (χ0v) is 13.7. The molecule has 130 valence electrons. The number of rotatable bonds is 3. The Morgan fingerprint density at radius 2 is 2.12 bits per heavy atom. The highest BCUT2D eigenvalue weighted by Gasteiger charge is 2.36. The first kappa shape index (κ1) is 15.8. The summed E-state index contributed by atoms with van der Waals surface area (Å²) in [5.41, 5.74) is 1.37. The summed E-state index contributed by atoms with van der Waals surface area (Å²) in [4.78, 5) is 14.5. The minimum Gasteiger partial charge on any atom is -0.377 e. The molecule has 2 atom stereocenters. The molecule has 24 heavy (non-hydrogen) atoms. The van der Waals surface area contributed by atoms with Gasteiger partial charge in [-0.1, -0.05) is 0 Å². The lowest BCUT2D eigenvalue weighted by atomic mass is 10.1. The summed E-state index contributed by atoms with van der Waals surface area (Å²) in [7, 11) is 0. The van der Waals surface area contributed by atoms with Crippen molar-refractivity contribution in [2.45, 2.75) is 43.7 Å². The summed E-state index contributed by atoms with van der Waals surface area (Å²) in [5.74, 6) is 0.129. The molecular weight excluding hydrogens is 311 g/mol. The van der Waals surface area contributed by atoms with E-state index in [1.54, 1.807) is 17.0 Å². The standard InChI is InChI=1S/C18H23FN2O3/c19-15-6-5-13(10-14(15)12-3-4-12)20-18(22)21-7-9-23-11-16(21)17-2-1-8-24-17/h5-6,10,12,16-17H,1-4,7-9,11H2,(H,20,22)/t16-,17+/m1/s1. The van der Waals surface area contributed by atoms with Crippen LogP contribution in [0.25, 0.3) is 0 Å². The van der Waals surface area contributed by atoms with Crippen LogP contribution >= 0.6 is 0 Å². The first-order valence-corrected chi connectivity index (χ1v) is 8.79. The highest BCUT2D eigenvalue weighted by molar-refractivity contribution is 5.89. The highest BCUT2D eigenvalue weighted by Crippen LogP contribution is 2.42. The van der Waals surface area contributed by atoms with Crippen LogP contribution in [0.4, 0.5) is 14.9 Å². The maximum absolute atomic E-state index is 13.9. The minimum absolute atomic E-state index is 0.0475. The second-order valence-corrected chi connectivity index (χ2v) is 6.83. The molecule has 1 aliphatic carbocycles. The number of anilines is 1. The summed E-state index contributed by atoms with van der Waals surface area (Å²) in [6.45, 7) is 2.34. The highest BCUT2D eigenvalue weighted by atomic mass is 19.1. The molecule has 1 aromatic carbocycles. The Kier molecular flexibility index (Phi) is 4.41. The molecule has 1 N–H and O–H groups in total. The minimum atomic E-state index is -0.181. The fraction of sp³-hybridized carbons (Fsp3) is 0.611. The Bertz CT molecular complexity index is 614. The zero-order chi connectivity index (χ0) is 16.5. The van der Waals surface area contributed by atoms with Crippen LogP contribution in [0.1, 0.15) is 37.2 Å². The molecule has 3 aliphatic rings. The van der Waals surface area contributed by atoms with Gasteiger partial charge < -0.3 is 19.7 Å². The van der Waals surface area contributed by atoms with E-state index < -0.39 is 0 Å². The van der Waals surface area contributed by atoms with E-state index in [9.17, 15) is 9.18 Å². The largest absolute Gasteiger partial charge is 0.377 e. The van der Waals surface area contributed by atoms with Crippen molar-refractivity contribution >= 4 is 11.7 Å². The van der Waals surface area contributed by atoms with Crippen LogP contribution in [0.5, 0.6) is 0 Å². The fourth-order valence-corrected chi connectivity index (χ4v) is 3.61. The number of carbonyl (C=O) groups excluding carboxylic acids is 1. The van der Waals surface area contributed by atoms with Gasteiger partial charge in [0.25, 0.3) is 0 Å². The predicted octanol–water partition coefficient (Wildman–Crippen LogP) is 3.11. The van der Waals surface area contributed by atoms with Crippen LogP contribution in [-0.2, 0) is 9.47 Å². The Morgan fingerprint density at radius 1 is 1.25 bits per heavy atom. The van der Waals surface area contributed by atoms with Gasteiger partial charge in [-0.15, -0.1) is 0 Å². The van der Waals surface area contributed by atoms with Gasteiger partial charge in [-0.25, -0.2) is 9.18 Å². The lowest BCUT2D eigenvalue weighted by molar-refractivity contribution is -0.0452. The average Bonchev–Trinajstić information content (AvgIpc) is 3.30. The molecule has 2 aliphatic heterocycles. The summed E-state index contributed by atoms with van der Waals surface area (Å²) in [6.07, 6.45) is 4.09. The number of urea groups is 1. The fourth-order valence-electron chi connectivity index (χ4n) is 3.61. The summed E-state index contributed by atoms with van der Waals surface area (Å²) >= 11 is 0. The van der Waals surface area contributed by atoms with Crippen molar-refractivity contribution in [3.05, 3.63) is 29.6 Å². The molecule has 6 heteroatoms. The molecule has 0 radical (unpaired) electrons. The molecule has 5 nitrogen and oxygen atoms in total. The van der Waals surface area contributed by atoms with Crippen LogP contribution in [0.3, 0.4) is 0 Å². The van der Waals surface area contributed by atoms with Gasteiger partial charge in [-0.3, -0.25) is 0 Å². The van der Waals surface area contributed by atoms with Crippen molar-refractivity contribution in [1.29, 1.82) is 0 Å². The maximum Gasteiger partial charge on any atom is 0.322 e. The average molecular weight is 334 g/mol. The maximum atomic E-state index is 13.9. The van der Waals surface area contributed by atoms with E-state index in [4.69, 9.17) is 9.47 Å². The van der Waals surface area contributed by atoms with Crippen molar-refractivity contribution in [3.63, 3.8) is 0 Å². The number of hydrogen-bond acceptors (Lipinski definition) is 3. The number of nitrogens with one attached hydrogen (secondary N) is 1. The number of morpholine rings is 1. The second kappa shape index (κ2) is 6.69. The molecule has 1 saturated carbocycles. The van der Waals surface area contributed by atoms with Crippen molar-refractivity contribution < 1.29 is 18.7 Å². The second-order valence-electron chi connectivity index (χ2n) is 6.83. The van der Waals surface area contributed by atoms with Crippen LogP contribution in [0, 0.1) is 5.82 Å². The molecule has 1 aromatic rings. The van der Waals surface area contributed by atoms with Crippen molar-refractivity contribution in [2.24, 2.45) is 0 Å². The summed E-state index contributed by atoms with van der Waals surface area (Å²) < 4.78 is 25.2. The van der Waals surface area contributed by atoms with Crippen molar-refractivity contribution in [3.8, 4) is 0 Å². The topological polar surface area (TPSA) is 50.8 Å². The van der Waals surface area contributed by atoms with Crippen LogP contribution in [-0.4, -0.2) is 49.4 Å². The Labute approximate surface area is 141 Å². The summed E-state index contributed by atoms with van der Waals surface area (Å²) in [6, 6.07) is 4.63. The molecule has 0 spiro atoms. The first-order valence-electron chi connectivity index (χ1n) is 8.79. The smallest absolute Gasteiger partial charge is 0.322 e. The molecule has 2 amide bonds. The van der Waals surface area contributed by atoms with Gasteiger partial charge in [0.1, 0.15) is 5.82 Å². The monoisotopic (exact) mass is 334 g/mol. The van der Waals surface area contributed by atoms with Crippen LogP contribution in [0.2, 0.25) is 0 Å². The first-order chi connectivity index (χ1) is 11.7. The van der Waals surface area contributed by atoms with Gasteiger partial charge in [0.15, 0.2) is 0 Å². The van der Waals surface area contributed by atoms with Gasteiger partial charge in [-0.2, -0.15) is 0 Å². The van der Waals surface area contributed by atoms with E-state index in [1.807, 2.05) is 0 Å². The number of halogens is 1. The van der Waals surface area contributed by atoms with Crippen LogP contribution in [0.15, 0.2) is 18.2 Å². The molecule has 3 fully saturated rings. The zero-order valence-electron chi connectivity index (χ0n) is 13.7. The number of nitrogens with zero attached hydrogens (tertiary/aromatic N) is 1. The molecule has 0 unspecified atom stereocenters. The number of carbonyl (C=O) groups is 1. The number of hydrogen-bond donors (Lipinski definition) is 1. The summed E-state index contributed by atoms with van der Waals surface area (Å²) in [5, 5.41) is 2.92. The van der Waals surface area contributed by atoms with Crippen molar-refractivity contribution in [2.75, 3.05) is 31.7 Å². The molecule has 2 saturated heterocycles. The Balaban J connectivity index is 1.47. The van der Waals surface area contributed by atoms with Gasteiger partial charge in [0.05, 0.1) is 25.4 Å². The van der Waals surface area contributed by atoms with Gasteiger partial charge in [-0.05, 0) is 55.4 Å². The third-order valence-electron chi connectivity index (χ3n) is 5.08. The molecule has 0 aromatic heterocycles. The van der Waals surface area contributed by atoms with E-state index in [1.165, 1.54) is 6.07 Å². The molecule has 4 rings (SSSR count). The van der Waals surface area contributed by atoms with E-state index >= 15 is 0 Å². The van der Waals surface area contributed by atoms with Crippen LogP contribution < -0.4 is 5.32 Å². The van der Waals surface area contributed by atoms with Gasteiger partial charge >= 0.3 is 6.03 Å². The van der Waals surface area contributed by atoms with Gasteiger partial charge in [0.2, 0.25) is 0 Å². The Hall–Kier alpha value is -1.66. The lowest BCUT2D eigenvalue weighted by Gasteiger charge is -2.38. The van der Waals surface area contributed by atoms with E-state index in [2.05, 4.69) is 5.32 Å². The third kappa shape index (κ3) is 3.26. The lowest BCUT2D eigenvalue weighted by Crippen LogP contribution is -2.55. The normalized spacial score (nSPS) is 27.3.